The number of carbonyl (C=O) groups is 1. The van der Waals surface area contributed by atoms with E-state index < -0.39 is 0 Å². The van der Waals surface area contributed by atoms with Gasteiger partial charge in [0.15, 0.2) is 5.78 Å². The summed E-state index contributed by atoms with van der Waals surface area (Å²) in [7, 11) is 1.81. The molecule has 1 heterocycles. The van der Waals surface area contributed by atoms with Crippen LogP contribution in [0.25, 0.3) is 0 Å². The molecule has 3 nitrogen and oxygen atoms in total. The smallest absolute Gasteiger partial charge is 0.176 e. The lowest BCUT2D eigenvalue weighted by Gasteiger charge is -2.29. The Kier molecular flexibility index (Phi) is 3.92. The van der Waals surface area contributed by atoms with Crippen LogP contribution in [0.5, 0.6) is 0 Å². The second-order valence-electron chi connectivity index (χ2n) is 4.52. The summed E-state index contributed by atoms with van der Waals surface area (Å²) >= 11 is 0. The summed E-state index contributed by atoms with van der Waals surface area (Å²) in [4.78, 5) is 14.4. The van der Waals surface area contributed by atoms with Crippen molar-refractivity contribution in [3.8, 4) is 0 Å². The molecule has 0 bridgehead atoms. The molecule has 1 aromatic rings. The van der Waals surface area contributed by atoms with Crippen LogP contribution in [0.4, 0.5) is 0 Å². The van der Waals surface area contributed by atoms with Crippen LogP contribution in [0.15, 0.2) is 18.2 Å². The number of Topliss-reactive ketones (excluding diaryl/α,β-unsaturated/α-hetero) is 1. The van der Waals surface area contributed by atoms with Gasteiger partial charge in [-0.2, -0.15) is 0 Å². The van der Waals surface area contributed by atoms with Gasteiger partial charge in [0.25, 0.3) is 0 Å². The number of benzene rings is 1. The van der Waals surface area contributed by atoms with Crippen LogP contribution < -0.4 is 5.32 Å². The fourth-order valence-electron chi connectivity index (χ4n) is 2.42. The monoisotopic (exact) mass is 232 g/mol. The van der Waals surface area contributed by atoms with E-state index in [9.17, 15) is 4.79 Å². The number of ketones is 1. The van der Waals surface area contributed by atoms with E-state index in [0.717, 1.165) is 31.6 Å². The first kappa shape index (κ1) is 12.3. The normalized spacial score (nSPS) is 15.6. The zero-order chi connectivity index (χ0) is 12.3. The molecule has 0 fully saturated rings. The van der Waals surface area contributed by atoms with E-state index in [4.69, 9.17) is 0 Å². The van der Waals surface area contributed by atoms with Gasteiger partial charge < -0.3 is 5.32 Å². The third kappa shape index (κ3) is 2.56. The maximum atomic E-state index is 12.0. The van der Waals surface area contributed by atoms with Crippen LogP contribution in [0, 0.1) is 0 Å². The fraction of sp³-hybridized carbons (Fsp3) is 0.500. The highest BCUT2D eigenvalue weighted by Gasteiger charge is 2.20. The van der Waals surface area contributed by atoms with E-state index >= 15 is 0 Å². The summed E-state index contributed by atoms with van der Waals surface area (Å²) in [5.74, 6) is 0.197. The summed E-state index contributed by atoms with van der Waals surface area (Å²) in [6.45, 7) is 5.66. The molecule has 0 aromatic heterocycles. The van der Waals surface area contributed by atoms with Crippen LogP contribution >= 0.6 is 0 Å². The van der Waals surface area contributed by atoms with Crippen molar-refractivity contribution >= 4 is 5.78 Å². The third-order valence-corrected chi connectivity index (χ3v) is 3.44. The average Bonchev–Trinajstić information content (AvgIpc) is 2.37. The minimum Gasteiger partial charge on any atom is -0.313 e. The molecule has 3 heteroatoms. The Morgan fingerprint density at radius 1 is 1.47 bits per heavy atom. The third-order valence-electron chi connectivity index (χ3n) is 3.44. The number of carbonyl (C=O) groups excluding carboxylic acids is 1. The maximum Gasteiger partial charge on any atom is 0.176 e. The predicted molar refractivity (Wildman–Crippen MR) is 69.4 cm³/mol. The lowest BCUT2D eigenvalue weighted by molar-refractivity contribution is 0.0991. The van der Waals surface area contributed by atoms with E-state index in [1.54, 1.807) is 0 Å². The summed E-state index contributed by atoms with van der Waals surface area (Å²) < 4.78 is 0. The predicted octanol–water partition coefficient (Wildman–Crippen LogP) is 1.47. The highest BCUT2D eigenvalue weighted by molar-refractivity contribution is 5.99. The Hall–Kier alpha value is -1.19. The molecule has 1 aliphatic heterocycles. The second-order valence-corrected chi connectivity index (χ2v) is 4.52. The number of hydrogen-bond acceptors (Lipinski definition) is 3. The van der Waals surface area contributed by atoms with Crippen molar-refractivity contribution in [2.75, 3.05) is 26.7 Å². The van der Waals surface area contributed by atoms with Gasteiger partial charge in [-0.25, -0.2) is 0 Å². The zero-order valence-corrected chi connectivity index (χ0v) is 10.6. The Balaban J connectivity index is 2.31. The molecule has 1 N–H and O–H groups in total. The van der Waals surface area contributed by atoms with Crippen molar-refractivity contribution < 1.29 is 4.79 Å². The number of fused-ring (bicyclic) bond motifs is 1. The summed E-state index contributed by atoms with van der Waals surface area (Å²) in [6, 6.07) is 6.11. The molecule has 2 rings (SSSR count). The molecule has 0 saturated carbocycles. The molecular weight excluding hydrogens is 212 g/mol. The van der Waals surface area contributed by atoms with Crippen molar-refractivity contribution in [1.29, 1.82) is 0 Å². The van der Waals surface area contributed by atoms with Gasteiger partial charge in [-0.3, -0.25) is 9.69 Å². The highest BCUT2D eigenvalue weighted by Crippen LogP contribution is 2.22. The van der Waals surface area contributed by atoms with E-state index in [1.165, 1.54) is 11.1 Å². The van der Waals surface area contributed by atoms with Gasteiger partial charge >= 0.3 is 0 Å². The number of nitrogens with zero attached hydrogens (tertiary/aromatic N) is 1. The van der Waals surface area contributed by atoms with Crippen LogP contribution in [0.3, 0.4) is 0 Å². The lowest BCUT2D eigenvalue weighted by Crippen LogP contribution is -2.32. The van der Waals surface area contributed by atoms with Crippen LogP contribution in [0.2, 0.25) is 0 Å². The number of rotatable bonds is 4. The number of likely N-dealkylation sites (N-methyl/N-ethyl adjacent to an activating group) is 2. The SMILES string of the molecule is CCN1CCc2cccc(C(=O)CNC)c2C1. The topological polar surface area (TPSA) is 32.3 Å². The molecule has 1 aromatic carbocycles. The Bertz CT molecular complexity index is 415. The van der Waals surface area contributed by atoms with Gasteiger partial charge in [0, 0.05) is 18.7 Å². The largest absolute Gasteiger partial charge is 0.313 e. The standard InChI is InChI=1S/C14H20N2O/c1-3-16-8-7-11-5-4-6-12(13(11)10-16)14(17)9-15-2/h4-6,15H,3,7-10H2,1-2H3. The molecule has 0 unspecified atom stereocenters. The van der Waals surface area contributed by atoms with Gasteiger partial charge in [0.1, 0.15) is 0 Å². The average molecular weight is 232 g/mol. The molecule has 0 saturated heterocycles. The Labute approximate surface area is 103 Å². The Morgan fingerprint density at radius 3 is 3.00 bits per heavy atom. The number of nitrogens with one attached hydrogen (secondary N) is 1. The van der Waals surface area contributed by atoms with Crippen molar-refractivity contribution in [1.82, 2.24) is 10.2 Å². The van der Waals surface area contributed by atoms with Gasteiger partial charge in [-0.15, -0.1) is 0 Å². The molecule has 0 atom stereocenters. The summed E-state index contributed by atoms with van der Waals surface area (Å²) in [5, 5.41) is 2.93. The van der Waals surface area contributed by atoms with Gasteiger partial charge in [0.05, 0.1) is 6.54 Å². The highest BCUT2D eigenvalue weighted by atomic mass is 16.1. The van der Waals surface area contributed by atoms with E-state index in [0.29, 0.717) is 6.54 Å². The minimum absolute atomic E-state index is 0.197. The molecule has 17 heavy (non-hydrogen) atoms. The van der Waals surface area contributed by atoms with E-state index in [1.807, 2.05) is 19.2 Å². The first-order valence-electron chi connectivity index (χ1n) is 6.27. The van der Waals surface area contributed by atoms with Gasteiger partial charge in [-0.05, 0) is 31.1 Å². The summed E-state index contributed by atoms with van der Waals surface area (Å²) in [5.41, 5.74) is 3.48. The first-order valence-corrected chi connectivity index (χ1v) is 6.27. The van der Waals surface area contributed by atoms with E-state index in [-0.39, 0.29) is 5.78 Å². The van der Waals surface area contributed by atoms with Crippen molar-refractivity contribution in [2.24, 2.45) is 0 Å². The quantitative estimate of drug-likeness (QED) is 0.798. The van der Waals surface area contributed by atoms with Crippen molar-refractivity contribution in [3.05, 3.63) is 34.9 Å². The van der Waals surface area contributed by atoms with Crippen molar-refractivity contribution in [3.63, 3.8) is 0 Å². The van der Waals surface area contributed by atoms with Crippen LogP contribution in [-0.2, 0) is 13.0 Å². The van der Waals surface area contributed by atoms with E-state index in [2.05, 4.69) is 23.2 Å². The maximum absolute atomic E-state index is 12.0. The minimum atomic E-state index is 0.197. The molecule has 1 aliphatic rings. The van der Waals surface area contributed by atoms with Crippen molar-refractivity contribution in [2.45, 2.75) is 19.9 Å². The molecule has 0 radical (unpaired) electrons. The molecule has 0 spiro atoms. The van der Waals surface area contributed by atoms with Crippen LogP contribution in [-0.4, -0.2) is 37.4 Å². The first-order chi connectivity index (χ1) is 8.26. The van der Waals surface area contributed by atoms with Gasteiger partial charge in [-0.1, -0.05) is 25.1 Å². The Morgan fingerprint density at radius 2 is 2.29 bits per heavy atom. The fourth-order valence-corrected chi connectivity index (χ4v) is 2.42. The molecule has 0 aliphatic carbocycles. The zero-order valence-electron chi connectivity index (χ0n) is 10.6. The second kappa shape index (κ2) is 5.43. The molecular formula is C14H20N2O. The van der Waals surface area contributed by atoms with Crippen LogP contribution in [0.1, 0.15) is 28.4 Å². The lowest BCUT2D eigenvalue weighted by atomic mass is 9.93. The molecule has 0 amide bonds. The van der Waals surface area contributed by atoms with Gasteiger partial charge in [0.2, 0.25) is 0 Å². The molecule has 92 valence electrons. The number of hydrogen-bond donors (Lipinski definition) is 1. The summed E-state index contributed by atoms with van der Waals surface area (Å²) in [6.07, 6.45) is 1.06.